The maximum absolute atomic E-state index is 11.1. The van der Waals surface area contributed by atoms with Crippen molar-refractivity contribution < 1.29 is 8.42 Å². The quantitative estimate of drug-likeness (QED) is 0.854. The third-order valence-electron chi connectivity index (χ3n) is 2.13. The second-order valence-electron chi connectivity index (χ2n) is 3.67. The molecule has 88 valence electrons. The highest BCUT2D eigenvalue weighted by Crippen LogP contribution is 2.04. The fourth-order valence-corrected chi connectivity index (χ4v) is 2.12. The first kappa shape index (κ1) is 12.9. The van der Waals surface area contributed by atoms with Crippen molar-refractivity contribution in [3.8, 4) is 0 Å². The van der Waals surface area contributed by atoms with Crippen molar-refractivity contribution >= 4 is 16.1 Å². The van der Waals surface area contributed by atoms with E-state index in [0.717, 1.165) is 12.0 Å². The van der Waals surface area contributed by atoms with E-state index in [0.29, 0.717) is 0 Å². The van der Waals surface area contributed by atoms with Crippen LogP contribution in [0.5, 0.6) is 0 Å². The van der Waals surface area contributed by atoms with Gasteiger partial charge in [-0.15, -0.1) is 0 Å². The van der Waals surface area contributed by atoms with Gasteiger partial charge in [0.25, 0.3) is 0 Å². The van der Waals surface area contributed by atoms with E-state index in [1.54, 1.807) is 0 Å². The first-order valence-electron chi connectivity index (χ1n) is 5.22. The topological polar surface area (TPSA) is 46.2 Å². The Balaban J connectivity index is 2.67. The Labute approximate surface area is 97.2 Å². The summed E-state index contributed by atoms with van der Waals surface area (Å²) >= 11 is 0. The third-order valence-corrected chi connectivity index (χ3v) is 2.86. The van der Waals surface area contributed by atoms with Crippen LogP contribution in [0.15, 0.2) is 36.4 Å². The van der Waals surface area contributed by atoms with Crippen molar-refractivity contribution in [2.75, 3.05) is 6.26 Å². The summed E-state index contributed by atoms with van der Waals surface area (Å²) in [4.78, 5) is 0. The van der Waals surface area contributed by atoms with Crippen LogP contribution >= 0.6 is 0 Å². The minimum Gasteiger partial charge on any atom is -0.213 e. The summed E-state index contributed by atoms with van der Waals surface area (Å²) in [6, 6.07) is 9.65. The Bertz CT molecular complexity index is 437. The van der Waals surface area contributed by atoms with Gasteiger partial charge >= 0.3 is 0 Å². The average Bonchev–Trinajstić information content (AvgIpc) is 2.24. The highest BCUT2D eigenvalue weighted by Gasteiger charge is 2.07. The predicted octanol–water partition coefficient (Wildman–Crippen LogP) is 2.03. The van der Waals surface area contributed by atoms with Gasteiger partial charge in [-0.2, -0.15) is 0 Å². The second-order valence-corrected chi connectivity index (χ2v) is 5.45. The van der Waals surface area contributed by atoms with E-state index in [-0.39, 0.29) is 6.04 Å². The molecule has 0 radical (unpaired) electrons. The van der Waals surface area contributed by atoms with Crippen molar-refractivity contribution in [1.29, 1.82) is 0 Å². The molecule has 16 heavy (non-hydrogen) atoms. The molecular formula is C12H17NO2S. The summed E-state index contributed by atoms with van der Waals surface area (Å²) in [6.45, 7) is 1.94. The van der Waals surface area contributed by atoms with Gasteiger partial charge in [-0.25, -0.2) is 13.1 Å². The Kier molecular flexibility index (Phi) is 4.71. The third kappa shape index (κ3) is 5.09. The van der Waals surface area contributed by atoms with E-state index in [2.05, 4.69) is 4.72 Å². The van der Waals surface area contributed by atoms with Gasteiger partial charge in [-0.1, -0.05) is 49.4 Å². The molecule has 1 atom stereocenters. The van der Waals surface area contributed by atoms with E-state index in [4.69, 9.17) is 0 Å². The monoisotopic (exact) mass is 239 g/mol. The zero-order chi connectivity index (χ0) is 12.0. The van der Waals surface area contributed by atoms with Gasteiger partial charge in [-0.3, -0.25) is 0 Å². The van der Waals surface area contributed by atoms with Crippen molar-refractivity contribution in [2.45, 2.75) is 19.4 Å². The van der Waals surface area contributed by atoms with Crippen molar-refractivity contribution in [3.63, 3.8) is 0 Å². The van der Waals surface area contributed by atoms with Crippen LogP contribution < -0.4 is 4.72 Å². The number of benzene rings is 1. The fourth-order valence-electron chi connectivity index (χ4n) is 1.33. The van der Waals surface area contributed by atoms with Crippen LogP contribution in [0.4, 0.5) is 0 Å². The van der Waals surface area contributed by atoms with Crippen LogP contribution in [0, 0.1) is 0 Å². The SMILES string of the molecule is CC[C@@H](/C=C/c1ccccc1)NS(C)(=O)=O. The van der Waals surface area contributed by atoms with Gasteiger partial charge in [0.15, 0.2) is 0 Å². The van der Waals surface area contributed by atoms with Crippen LogP contribution in [0.25, 0.3) is 6.08 Å². The van der Waals surface area contributed by atoms with E-state index >= 15 is 0 Å². The van der Waals surface area contributed by atoms with E-state index < -0.39 is 10.0 Å². The maximum Gasteiger partial charge on any atom is 0.209 e. The maximum atomic E-state index is 11.1. The smallest absolute Gasteiger partial charge is 0.209 e. The molecule has 0 aliphatic rings. The zero-order valence-corrected chi connectivity index (χ0v) is 10.4. The van der Waals surface area contributed by atoms with Crippen LogP contribution in [0.2, 0.25) is 0 Å². The summed E-state index contributed by atoms with van der Waals surface area (Å²) in [5.74, 6) is 0. The molecule has 0 spiro atoms. The Morgan fingerprint density at radius 3 is 2.44 bits per heavy atom. The van der Waals surface area contributed by atoms with Crippen molar-refractivity contribution in [2.24, 2.45) is 0 Å². The van der Waals surface area contributed by atoms with Crippen LogP contribution in [0.1, 0.15) is 18.9 Å². The van der Waals surface area contributed by atoms with Gasteiger partial charge in [0, 0.05) is 6.04 Å². The average molecular weight is 239 g/mol. The molecule has 1 aromatic rings. The van der Waals surface area contributed by atoms with Gasteiger partial charge in [0.05, 0.1) is 6.26 Å². The Morgan fingerprint density at radius 1 is 1.31 bits per heavy atom. The Hall–Kier alpha value is -1.13. The number of sulfonamides is 1. The van der Waals surface area contributed by atoms with Crippen LogP contribution in [0.3, 0.4) is 0 Å². The molecule has 0 bridgehead atoms. The lowest BCUT2D eigenvalue weighted by Crippen LogP contribution is -2.31. The number of hydrogen-bond donors (Lipinski definition) is 1. The second kappa shape index (κ2) is 5.82. The van der Waals surface area contributed by atoms with Gasteiger partial charge in [-0.05, 0) is 12.0 Å². The minimum atomic E-state index is -3.14. The standard InChI is InChI=1S/C12H17NO2S/c1-3-12(13-16(2,14)15)10-9-11-7-5-4-6-8-11/h4-10,12-13H,3H2,1-2H3/b10-9+/t12-/m0/s1. The molecule has 1 N–H and O–H groups in total. The molecule has 0 saturated carbocycles. The highest BCUT2D eigenvalue weighted by molar-refractivity contribution is 7.88. The molecule has 0 aromatic heterocycles. The fraction of sp³-hybridized carbons (Fsp3) is 0.333. The molecule has 0 fully saturated rings. The predicted molar refractivity (Wildman–Crippen MR) is 67.5 cm³/mol. The van der Waals surface area contributed by atoms with Crippen molar-refractivity contribution in [3.05, 3.63) is 42.0 Å². The summed E-state index contributed by atoms with van der Waals surface area (Å²) in [5.41, 5.74) is 1.07. The highest BCUT2D eigenvalue weighted by atomic mass is 32.2. The molecule has 0 heterocycles. The molecule has 3 nitrogen and oxygen atoms in total. The summed E-state index contributed by atoms with van der Waals surface area (Å²) in [5, 5.41) is 0. The largest absolute Gasteiger partial charge is 0.213 e. The van der Waals surface area contributed by atoms with Crippen LogP contribution in [-0.4, -0.2) is 20.7 Å². The van der Waals surface area contributed by atoms with Gasteiger partial charge in [0.2, 0.25) is 10.0 Å². The molecule has 0 aliphatic heterocycles. The van der Waals surface area contributed by atoms with E-state index in [1.165, 1.54) is 6.26 Å². The van der Waals surface area contributed by atoms with E-state index in [9.17, 15) is 8.42 Å². The molecule has 0 aliphatic carbocycles. The lowest BCUT2D eigenvalue weighted by atomic mass is 10.1. The summed E-state index contributed by atoms with van der Waals surface area (Å²) in [6.07, 6.45) is 5.70. The molecule has 0 unspecified atom stereocenters. The number of rotatable bonds is 5. The molecule has 0 amide bonds. The van der Waals surface area contributed by atoms with E-state index in [1.807, 2.05) is 49.4 Å². The molecule has 0 saturated heterocycles. The van der Waals surface area contributed by atoms with Gasteiger partial charge in [0.1, 0.15) is 0 Å². The van der Waals surface area contributed by atoms with Crippen LogP contribution in [-0.2, 0) is 10.0 Å². The lowest BCUT2D eigenvalue weighted by Gasteiger charge is -2.10. The lowest BCUT2D eigenvalue weighted by molar-refractivity contribution is 0.574. The zero-order valence-electron chi connectivity index (χ0n) is 9.55. The van der Waals surface area contributed by atoms with Gasteiger partial charge < -0.3 is 0 Å². The minimum absolute atomic E-state index is 0.143. The first-order valence-corrected chi connectivity index (χ1v) is 7.11. The summed E-state index contributed by atoms with van der Waals surface area (Å²) < 4.78 is 24.7. The molecule has 4 heteroatoms. The molecule has 1 aromatic carbocycles. The molecule has 1 rings (SSSR count). The Morgan fingerprint density at radius 2 is 1.94 bits per heavy atom. The molecular weight excluding hydrogens is 222 g/mol. The number of hydrogen-bond acceptors (Lipinski definition) is 2. The summed E-state index contributed by atoms with van der Waals surface area (Å²) in [7, 11) is -3.14. The normalized spacial score (nSPS) is 14.1. The number of nitrogens with one attached hydrogen (secondary N) is 1. The first-order chi connectivity index (χ1) is 7.51. The van der Waals surface area contributed by atoms with Crippen molar-refractivity contribution in [1.82, 2.24) is 4.72 Å².